The molecular weight excluding hydrogens is 398 g/mol. The van der Waals surface area contributed by atoms with Gasteiger partial charge in [-0.05, 0) is 40.8 Å². The Labute approximate surface area is 179 Å². The average Bonchev–Trinajstić information content (AvgIpc) is 3.22. The summed E-state index contributed by atoms with van der Waals surface area (Å²) in [5.74, 6) is 0.217. The number of amides is 1. The van der Waals surface area contributed by atoms with Crippen molar-refractivity contribution in [2.45, 2.75) is 12.8 Å². The van der Waals surface area contributed by atoms with Crippen molar-refractivity contribution in [1.29, 1.82) is 0 Å². The Morgan fingerprint density at radius 3 is 2.23 bits per heavy atom. The van der Waals surface area contributed by atoms with E-state index in [4.69, 9.17) is 18.9 Å². The van der Waals surface area contributed by atoms with Crippen LogP contribution >= 0.6 is 0 Å². The van der Waals surface area contributed by atoms with Crippen LogP contribution in [0.15, 0.2) is 42.5 Å². The van der Waals surface area contributed by atoms with Gasteiger partial charge < -0.3 is 24.3 Å². The highest BCUT2D eigenvalue weighted by Gasteiger charge is 2.20. The molecule has 0 unspecified atom stereocenters. The maximum atomic E-state index is 12.7. The van der Waals surface area contributed by atoms with Gasteiger partial charge >= 0.3 is 5.97 Å². The summed E-state index contributed by atoms with van der Waals surface area (Å²) < 4.78 is 21.1. The van der Waals surface area contributed by atoms with Crippen LogP contribution in [0.1, 0.15) is 21.5 Å². The third kappa shape index (κ3) is 3.86. The average molecular weight is 421 g/mol. The van der Waals surface area contributed by atoms with Crippen molar-refractivity contribution in [3.8, 4) is 17.2 Å². The molecule has 4 rings (SSSR count). The van der Waals surface area contributed by atoms with Crippen molar-refractivity contribution in [2.75, 3.05) is 33.3 Å². The van der Waals surface area contributed by atoms with Crippen LogP contribution in [0.2, 0.25) is 0 Å². The first-order valence-electron chi connectivity index (χ1n) is 9.86. The van der Waals surface area contributed by atoms with E-state index in [1.54, 1.807) is 18.2 Å². The van der Waals surface area contributed by atoms with Gasteiger partial charge in [0.2, 0.25) is 5.75 Å². The van der Waals surface area contributed by atoms with E-state index in [2.05, 4.69) is 11.4 Å². The second-order valence-electron chi connectivity index (χ2n) is 7.15. The second kappa shape index (κ2) is 8.55. The van der Waals surface area contributed by atoms with Crippen LogP contribution in [0.25, 0.3) is 10.8 Å². The van der Waals surface area contributed by atoms with Crippen LogP contribution < -0.4 is 19.5 Å². The first-order chi connectivity index (χ1) is 15.0. The van der Waals surface area contributed by atoms with Gasteiger partial charge in [0, 0.05) is 17.8 Å². The number of hydrogen-bond donors (Lipinski definition) is 1. The molecule has 0 fully saturated rings. The lowest BCUT2D eigenvalue weighted by atomic mass is 10.00. The molecule has 3 aromatic rings. The molecule has 0 aliphatic heterocycles. The number of methoxy groups -OCH3 is 3. The first kappa shape index (κ1) is 20.5. The number of carbonyl (C=O) groups excluding carboxylic acids is 2. The summed E-state index contributed by atoms with van der Waals surface area (Å²) in [6, 6.07) is 12.9. The molecule has 7 heteroatoms. The highest BCUT2D eigenvalue weighted by atomic mass is 16.5. The van der Waals surface area contributed by atoms with Gasteiger partial charge in [0.1, 0.15) is 0 Å². The molecule has 160 valence electrons. The van der Waals surface area contributed by atoms with Crippen LogP contribution in [0.4, 0.5) is 5.69 Å². The van der Waals surface area contributed by atoms with E-state index in [-0.39, 0.29) is 0 Å². The molecule has 0 saturated carbocycles. The zero-order chi connectivity index (χ0) is 22.0. The van der Waals surface area contributed by atoms with Gasteiger partial charge in [-0.1, -0.05) is 24.3 Å². The van der Waals surface area contributed by atoms with Gasteiger partial charge in [0.15, 0.2) is 18.1 Å². The Morgan fingerprint density at radius 2 is 1.58 bits per heavy atom. The quantitative estimate of drug-likeness (QED) is 0.585. The molecule has 1 aliphatic rings. The summed E-state index contributed by atoms with van der Waals surface area (Å²) in [5.41, 5.74) is 3.37. The molecule has 3 aromatic carbocycles. The summed E-state index contributed by atoms with van der Waals surface area (Å²) in [6.45, 7) is -0.418. The summed E-state index contributed by atoms with van der Waals surface area (Å²) >= 11 is 0. The van der Waals surface area contributed by atoms with Crippen LogP contribution in [0.5, 0.6) is 17.2 Å². The zero-order valence-electron chi connectivity index (χ0n) is 17.6. The Morgan fingerprint density at radius 1 is 0.903 bits per heavy atom. The van der Waals surface area contributed by atoms with Crippen molar-refractivity contribution in [3.63, 3.8) is 0 Å². The number of carbonyl (C=O) groups is 2. The Kier molecular flexibility index (Phi) is 5.66. The molecule has 0 radical (unpaired) electrons. The van der Waals surface area contributed by atoms with Crippen LogP contribution in [0, 0.1) is 0 Å². The fourth-order valence-electron chi connectivity index (χ4n) is 3.98. The predicted octanol–water partition coefficient (Wildman–Crippen LogP) is 3.76. The topological polar surface area (TPSA) is 83.1 Å². The smallest absolute Gasteiger partial charge is 0.339 e. The van der Waals surface area contributed by atoms with E-state index in [1.165, 1.54) is 32.5 Å². The molecule has 0 bridgehead atoms. The molecule has 31 heavy (non-hydrogen) atoms. The van der Waals surface area contributed by atoms with Gasteiger partial charge in [-0.25, -0.2) is 4.79 Å². The monoisotopic (exact) mass is 421 g/mol. The van der Waals surface area contributed by atoms with Crippen LogP contribution in [0.3, 0.4) is 0 Å². The maximum absolute atomic E-state index is 12.7. The number of nitrogens with one attached hydrogen (secondary N) is 1. The highest BCUT2D eigenvalue weighted by molar-refractivity contribution is 6.07. The normalized spacial score (nSPS) is 11.8. The maximum Gasteiger partial charge on any atom is 0.339 e. The fraction of sp³-hybridized carbons (Fsp3) is 0.250. The Hall–Kier alpha value is -3.74. The van der Waals surface area contributed by atoms with Crippen molar-refractivity contribution in [1.82, 2.24) is 0 Å². The molecule has 0 saturated heterocycles. The minimum absolute atomic E-state index is 0.405. The van der Waals surface area contributed by atoms with E-state index < -0.39 is 18.5 Å². The third-order valence-electron chi connectivity index (χ3n) is 5.38. The van der Waals surface area contributed by atoms with E-state index in [0.717, 1.165) is 23.6 Å². The number of esters is 1. The molecule has 7 nitrogen and oxygen atoms in total. The van der Waals surface area contributed by atoms with Gasteiger partial charge in [0.25, 0.3) is 5.91 Å². The molecule has 0 aromatic heterocycles. The number of ether oxygens (including phenoxy) is 4. The standard InChI is InChI=1S/C24H23NO6/c1-28-19-11-16(12-20(29-2)23(19)30-3)25-21(26)13-31-24(27)18-10-9-15-8-7-14-5-4-6-17(18)22(14)15/h4-6,9-12H,7-8,13H2,1-3H3,(H,25,26). The number of anilines is 1. The molecule has 0 spiro atoms. The van der Waals surface area contributed by atoms with Gasteiger partial charge in [0.05, 0.1) is 26.9 Å². The van der Waals surface area contributed by atoms with Crippen molar-refractivity contribution < 1.29 is 28.5 Å². The highest BCUT2D eigenvalue weighted by Crippen LogP contribution is 2.40. The molecular formula is C24H23NO6. The summed E-state index contributed by atoms with van der Waals surface area (Å²) in [4.78, 5) is 25.1. The lowest BCUT2D eigenvalue weighted by molar-refractivity contribution is -0.119. The van der Waals surface area contributed by atoms with Gasteiger partial charge in [-0.2, -0.15) is 0 Å². The fourth-order valence-corrected chi connectivity index (χ4v) is 3.98. The lowest BCUT2D eigenvalue weighted by Gasteiger charge is -2.14. The van der Waals surface area contributed by atoms with Crippen LogP contribution in [-0.2, 0) is 22.4 Å². The number of hydrogen-bond acceptors (Lipinski definition) is 6. The second-order valence-corrected chi connectivity index (χ2v) is 7.15. The molecule has 0 heterocycles. The first-order valence-corrected chi connectivity index (χ1v) is 9.86. The van der Waals surface area contributed by atoms with Gasteiger partial charge in [-0.3, -0.25) is 4.79 Å². The van der Waals surface area contributed by atoms with Crippen LogP contribution in [-0.4, -0.2) is 39.8 Å². The lowest BCUT2D eigenvalue weighted by Crippen LogP contribution is -2.21. The minimum Gasteiger partial charge on any atom is -0.493 e. The molecule has 1 N–H and O–H groups in total. The van der Waals surface area contributed by atoms with E-state index >= 15 is 0 Å². The van der Waals surface area contributed by atoms with E-state index in [0.29, 0.717) is 28.5 Å². The number of aryl methyl sites for hydroxylation is 2. The molecule has 1 aliphatic carbocycles. The summed E-state index contributed by atoms with van der Waals surface area (Å²) in [6.07, 6.45) is 1.95. The Bertz CT molecular complexity index is 1130. The molecule has 0 atom stereocenters. The summed E-state index contributed by atoms with van der Waals surface area (Å²) in [5, 5.41) is 4.67. The van der Waals surface area contributed by atoms with E-state index in [1.807, 2.05) is 18.2 Å². The Balaban J connectivity index is 1.47. The predicted molar refractivity (Wildman–Crippen MR) is 116 cm³/mol. The molecule has 1 amide bonds. The largest absolute Gasteiger partial charge is 0.493 e. The zero-order valence-corrected chi connectivity index (χ0v) is 17.6. The van der Waals surface area contributed by atoms with Gasteiger partial charge in [-0.15, -0.1) is 0 Å². The third-order valence-corrected chi connectivity index (χ3v) is 5.38. The van der Waals surface area contributed by atoms with E-state index in [9.17, 15) is 9.59 Å². The number of rotatable bonds is 7. The van der Waals surface area contributed by atoms with Crippen molar-refractivity contribution in [2.24, 2.45) is 0 Å². The SMILES string of the molecule is COc1cc(NC(=O)COC(=O)c2ccc3c4c(cccc24)CC3)cc(OC)c1OC. The van der Waals surface area contributed by atoms with Crippen molar-refractivity contribution >= 4 is 28.3 Å². The van der Waals surface area contributed by atoms with Crippen molar-refractivity contribution in [3.05, 3.63) is 59.2 Å². The minimum atomic E-state index is -0.532. The summed E-state index contributed by atoms with van der Waals surface area (Å²) in [7, 11) is 4.48. The number of benzene rings is 3.